The minimum Gasteiger partial charge on any atom is -0.496 e. The van der Waals surface area contributed by atoms with E-state index in [-0.39, 0.29) is 6.42 Å². The summed E-state index contributed by atoms with van der Waals surface area (Å²) in [6.07, 6.45) is 0.449. The Hall–Kier alpha value is -3.58. The number of carbonyl (C=O) groups is 2. The normalized spacial score (nSPS) is 12.3. The third kappa shape index (κ3) is 6.84. The lowest BCUT2D eigenvalue weighted by atomic mass is 9.88. The first-order chi connectivity index (χ1) is 18.0. The molecule has 0 saturated carbocycles. The Morgan fingerprint density at radius 3 is 2.24 bits per heavy atom. The number of hydrogen-bond acceptors (Lipinski definition) is 6. The molecule has 1 N–H and O–H groups in total. The highest BCUT2D eigenvalue weighted by Crippen LogP contribution is 2.40. The molecule has 0 unspecified atom stereocenters. The average molecular weight is 521 g/mol. The van der Waals surface area contributed by atoms with E-state index in [9.17, 15) is 9.59 Å². The zero-order chi connectivity index (χ0) is 28.0. The van der Waals surface area contributed by atoms with Crippen molar-refractivity contribution < 1.29 is 23.8 Å². The van der Waals surface area contributed by atoms with Gasteiger partial charge in [0.25, 0.3) is 0 Å². The molecule has 0 aliphatic carbocycles. The second-order valence-corrected chi connectivity index (χ2v) is 10.6. The van der Waals surface area contributed by atoms with Crippen molar-refractivity contribution in [3.05, 3.63) is 65.2 Å². The molecule has 1 amide bonds. The molecule has 0 radical (unpaired) electrons. The molecule has 0 fully saturated rings. The maximum absolute atomic E-state index is 12.6. The Morgan fingerprint density at radius 2 is 1.63 bits per heavy atom. The second kappa shape index (κ2) is 12.3. The standard InChI is InChI=1S/C31H40N2O5/c1-9-22-21(19-33(5)6)16-17-27(36-7)28(22)25-15-11-13-23-20(12-10-14-24(23)25)18-26(29(34)37-8)32-30(35)38-31(2,3)4/h10-17,26H,9,18-19H2,1-8H3,(H,32,35)/t26-/m0/s1. The number of fused-ring (bicyclic) bond motifs is 1. The summed E-state index contributed by atoms with van der Waals surface area (Å²) in [4.78, 5) is 27.3. The molecule has 204 valence electrons. The summed E-state index contributed by atoms with van der Waals surface area (Å²) in [6, 6.07) is 15.5. The number of nitrogens with one attached hydrogen (secondary N) is 1. The van der Waals surface area contributed by atoms with Crippen LogP contribution in [0.1, 0.15) is 44.4 Å². The quantitative estimate of drug-likeness (QED) is 0.362. The zero-order valence-corrected chi connectivity index (χ0v) is 23.8. The fourth-order valence-electron chi connectivity index (χ4n) is 4.80. The van der Waals surface area contributed by atoms with Gasteiger partial charge >= 0.3 is 12.1 Å². The largest absolute Gasteiger partial charge is 0.496 e. The number of alkyl carbamates (subject to hydrolysis) is 1. The number of amides is 1. The third-order valence-electron chi connectivity index (χ3n) is 6.31. The van der Waals surface area contributed by atoms with E-state index in [1.165, 1.54) is 18.2 Å². The van der Waals surface area contributed by atoms with E-state index in [0.29, 0.717) is 0 Å². The summed E-state index contributed by atoms with van der Waals surface area (Å²) in [6.45, 7) is 8.32. The Bertz CT molecular complexity index is 1290. The van der Waals surface area contributed by atoms with E-state index in [0.717, 1.165) is 46.2 Å². The van der Waals surface area contributed by atoms with Gasteiger partial charge in [0.2, 0.25) is 0 Å². The average Bonchev–Trinajstić information content (AvgIpc) is 2.86. The Morgan fingerprint density at radius 1 is 0.947 bits per heavy atom. The maximum atomic E-state index is 12.6. The van der Waals surface area contributed by atoms with Gasteiger partial charge in [0.05, 0.1) is 14.2 Å². The molecule has 0 heterocycles. The summed E-state index contributed by atoms with van der Waals surface area (Å²) in [5.41, 5.74) is 4.87. The van der Waals surface area contributed by atoms with Crippen molar-refractivity contribution in [2.24, 2.45) is 0 Å². The van der Waals surface area contributed by atoms with Gasteiger partial charge in [-0.1, -0.05) is 49.4 Å². The molecular formula is C31H40N2O5. The lowest BCUT2D eigenvalue weighted by molar-refractivity contribution is -0.143. The summed E-state index contributed by atoms with van der Waals surface area (Å²) in [7, 11) is 7.14. The first-order valence-corrected chi connectivity index (χ1v) is 12.9. The van der Waals surface area contributed by atoms with Crippen molar-refractivity contribution in [1.82, 2.24) is 10.2 Å². The molecule has 0 aliphatic heterocycles. The first-order valence-electron chi connectivity index (χ1n) is 12.9. The van der Waals surface area contributed by atoms with Crippen LogP contribution in [0.3, 0.4) is 0 Å². The highest BCUT2D eigenvalue weighted by atomic mass is 16.6. The number of benzene rings is 3. The maximum Gasteiger partial charge on any atom is 0.408 e. The van der Waals surface area contributed by atoms with Crippen LogP contribution in [0, 0.1) is 0 Å². The van der Waals surface area contributed by atoms with E-state index in [2.05, 4.69) is 49.4 Å². The minimum atomic E-state index is -0.895. The van der Waals surface area contributed by atoms with Crippen LogP contribution >= 0.6 is 0 Å². The molecule has 3 aromatic rings. The van der Waals surface area contributed by atoms with E-state index >= 15 is 0 Å². The van der Waals surface area contributed by atoms with Crippen LogP contribution in [-0.2, 0) is 33.7 Å². The van der Waals surface area contributed by atoms with Gasteiger partial charge in [-0.15, -0.1) is 0 Å². The third-order valence-corrected chi connectivity index (χ3v) is 6.31. The number of esters is 1. The van der Waals surface area contributed by atoms with Crippen molar-refractivity contribution in [3.63, 3.8) is 0 Å². The minimum absolute atomic E-state index is 0.255. The summed E-state index contributed by atoms with van der Waals surface area (Å²) in [5.74, 6) is 0.289. The molecule has 3 aromatic carbocycles. The monoisotopic (exact) mass is 520 g/mol. The molecule has 7 heteroatoms. The Kier molecular flexibility index (Phi) is 9.39. The van der Waals surface area contributed by atoms with Crippen molar-refractivity contribution in [3.8, 4) is 16.9 Å². The Balaban J connectivity index is 2.12. The van der Waals surface area contributed by atoms with Gasteiger partial charge in [0, 0.05) is 18.5 Å². The predicted octanol–water partition coefficient (Wildman–Crippen LogP) is 5.75. The number of ether oxygens (including phenoxy) is 3. The van der Waals surface area contributed by atoms with E-state index in [1.54, 1.807) is 27.9 Å². The van der Waals surface area contributed by atoms with Gasteiger partial charge in [0.15, 0.2) is 0 Å². The molecule has 0 saturated heterocycles. The lowest BCUT2D eigenvalue weighted by Crippen LogP contribution is -2.45. The van der Waals surface area contributed by atoms with Crippen LogP contribution < -0.4 is 10.1 Å². The van der Waals surface area contributed by atoms with Gasteiger partial charge in [-0.3, -0.25) is 0 Å². The number of carbonyl (C=O) groups excluding carboxylic acids is 2. The SMILES string of the molecule is CCc1c(CN(C)C)ccc(OC)c1-c1cccc2c(C[C@H](NC(=O)OC(C)(C)C)C(=O)OC)cccc12. The fraction of sp³-hybridized carbons (Fsp3) is 0.419. The van der Waals surface area contributed by atoms with Crippen LogP contribution in [0.25, 0.3) is 21.9 Å². The van der Waals surface area contributed by atoms with Crippen LogP contribution in [0.2, 0.25) is 0 Å². The van der Waals surface area contributed by atoms with Crippen LogP contribution in [0.4, 0.5) is 4.79 Å². The molecule has 7 nitrogen and oxygen atoms in total. The van der Waals surface area contributed by atoms with Crippen molar-refractivity contribution >= 4 is 22.8 Å². The topological polar surface area (TPSA) is 77.1 Å². The Labute approximate surface area is 226 Å². The fourth-order valence-corrected chi connectivity index (χ4v) is 4.80. The molecule has 38 heavy (non-hydrogen) atoms. The molecule has 3 rings (SSSR count). The van der Waals surface area contributed by atoms with Crippen LogP contribution in [-0.4, -0.2) is 56.9 Å². The van der Waals surface area contributed by atoms with Gasteiger partial charge in [-0.25, -0.2) is 9.59 Å². The molecule has 0 spiro atoms. The number of nitrogens with zero attached hydrogens (tertiary/aromatic N) is 1. The van der Waals surface area contributed by atoms with Gasteiger partial charge in [-0.2, -0.15) is 0 Å². The van der Waals surface area contributed by atoms with Crippen molar-refractivity contribution in [2.45, 2.75) is 58.7 Å². The molecule has 0 bridgehead atoms. The number of hydrogen-bond donors (Lipinski definition) is 1. The van der Waals surface area contributed by atoms with E-state index in [4.69, 9.17) is 14.2 Å². The first kappa shape index (κ1) is 29.0. The molecule has 0 aliphatic rings. The van der Waals surface area contributed by atoms with Gasteiger partial charge in [-0.05, 0) is 80.4 Å². The zero-order valence-electron chi connectivity index (χ0n) is 23.8. The summed E-state index contributed by atoms with van der Waals surface area (Å²) in [5, 5.41) is 4.72. The second-order valence-electron chi connectivity index (χ2n) is 10.6. The smallest absolute Gasteiger partial charge is 0.408 e. The highest BCUT2D eigenvalue weighted by Gasteiger charge is 2.26. The summed E-state index contributed by atoms with van der Waals surface area (Å²) >= 11 is 0. The lowest BCUT2D eigenvalue weighted by Gasteiger charge is -2.23. The van der Waals surface area contributed by atoms with Crippen molar-refractivity contribution in [2.75, 3.05) is 28.3 Å². The molecule has 1 atom stereocenters. The number of methoxy groups -OCH3 is 2. The number of rotatable bonds is 9. The van der Waals surface area contributed by atoms with Gasteiger partial charge in [0.1, 0.15) is 17.4 Å². The predicted molar refractivity (Wildman–Crippen MR) is 152 cm³/mol. The summed E-state index contributed by atoms with van der Waals surface area (Å²) < 4.78 is 16.2. The molecular weight excluding hydrogens is 480 g/mol. The highest BCUT2D eigenvalue weighted by molar-refractivity contribution is 6.00. The van der Waals surface area contributed by atoms with Crippen molar-refractivity contribution in [1.29, 1.82) is 0 Å². The van der Waals surface area contributed by atoms with Crippen LogP contribution in [0.15, 0.2) is 48.5 Å². The van der Waals surface area contributed by atoms with E-state index < -0.39 is 23.7 Å². The van der Waals surface area contributed by atoms with E-state index in [1.807, 2.05) is 30.3 Å². The molecule has 0 aromatic heterocycles. The van der Waals surface area contributed by atoms with Crippen LogP contribution in [0.5, 0.6) is 5.75 Å². The van der Waals surface area contributed by atoms with Gasteiger partial charge < -0.3 is 24.4 Å².